The standard InChI is InChI=1S/C10H14NO6P/c1-6-3-8(5-12)9(4-11-6)10(17-7(2)13)18(14,15)16/h3-4,10,12H,5H2,1-2H3,(H2,14,15,16). The molecule has 100 valence electrons. The van der Waals surface area contributed by atoms with Crippen LogP contribution in [0, 0.1) is 6.92 Å². The number of nitrogens with zero attached hydrogens (tertiary/aromatic N) is 1. The molecule has 0 aromatic carbocycles. The van der Waals surface area contributed by atoms with E-state index in [2.05, 4.69) is 9.72 Å². The van der Waals surface area contributed by atoms with Gasteiger partial charge in [0.2, 0.25) is 5.85 Å². The Morgan fingerprint density at radius 3 is 2.61 bits per heavy atom. The maximum absolute atomic E-state index is 11.3. The summed E-state index contributed by atoms with van der Waals surface area (Å²) < 4.78 is 16.0. The summed E-state index contributed by atoms with van der Waals surface area (Å²) in [4.78, 5) is 33.2. The normalized spacial score (nSPS) is 13.2. The van der Waals surface area contributed by atoms with Gasteiger partial charge in [-0.05, 0) is 18.6 Å². The van der Waals surface area contributed by atoms with Gasteiger partial charge in [0.05, 0.1) is 6.61 Å². The minimum Gasteiger partial charge on any atom is -0.444 e. The Hall–Kier alpha value is -1.27. The van der Waals surface area contributed by atoms with E-state index in [4.69, 9.17) is 0 Å². The molecule has 0 fully saturated rings. The van der Waals surface area contributed by atoms with Gasteiger partial charge in [-0.3, -0.25) is 14.3 Å². The van der Waals surface area contributed by atoms with Crippen molar-refractivity contribution in [1.29, 1.82) is 0 Å². The molecular formula is C10H14NO6P. The predicted molar refractivity (Wildman–Crippen MR) is 61.4 cm³/mol. The van der Waals surface area contributed by atoms with Crippen LogP contribution in [-0.4, -0.2) is 25.8 Å². The maximum Gasteiger partial charge on any atom is 0.370 e. The smallest absolute Gasteiger partial charge is 0.370 e. The first-order valence-electron chi connectivity index (χ1n) is 5.04. The Bertz CT molecular complexity index is 497. The van der Waals surface area contributed by atoms with Crippen LogP contribution in [0.4, 0.5) is 0 Å². The number of hydrogen-bond donors (Lipinski definition) is 3. The van der Waals surface area contributed by atoms with Crippen molar-refractivity contribution >= 4 is 13.6 Å². The lowest BCUT2D eigenvalue weighted by atomic mass is 10.1. The third-order valence-corrected chi connectivity index (χ3v) is 3.18. The molecule has 0 aliphatic heterocycles. The first-order chi connectivity index (χ1) is 8.25. The SMILES string of the molecule is CC(=O)OC(c1cnc(C)cc1CO)P(=O)(O)O. The number of esters is 1. The molecule has 1 heterocycles. The van der Waals surface area contributed by atoms with E-state index in [1.54, 1.807) is 6.92 Å². The van der Waals surface area contributed by atoms with Crippen molar-refractivity contribution in [3.63, 3.8) is 0 Å². The lowest BCUT2D eigenvalue weighted by Crippen LogP contribution is -2.12. The van der Waals surface area contributed by atoms with Crippen LogP contribution in [-0.2, 0) is 20.7 Å². The quantitative estimate of drug-likeness (QED) is 0.544. The summed E-state index contributed by atoms with van der Waals surface area (Å²) >= 11 is 0. The van der Waals surface area contributed by atoms with Crippen molar-refractivity contribution < 1.29 is 29.0 Å². The number of aryl methyl sites for hydroxylation is 1. The molecule has 1 aromatic rings. The Balaban J connectivity index is 3.29. The highest BCUT2D eigenvalue weighted by Crippen LogP contribution is 2.53. The number of carbonyl (C=O) groups excluding carboxylic acids is 1. The van der Waals surface area contributed by atoms with Gasteiger partial charge in [0.15, 0.2) is 0 Å². The van der Waals surface area contributed by atoms with Crippen molar-refractivity contribution in [2.75, 3.05) is 0 Å². The molecule has 0 aliphatic rings. The van der Waals surface area contributed by atoms with E-state index in [1.807, 2.05) is 0 Å². The summed E-state index contributed by atoms with van der Waals surface area (Å²) in [5, 5.41) is 9.17. The number of aliphatic hydroxyl groups is 1. The third kappa shape index (κ3) is 3.61. The highest BCUT2D eigenvalue weighted by atomic mass is 31.2. The Morgan fingerprint density at radius 2 is 2.17 bits per heavy atom. The van der Waals surface area contributed by atoms with E-state index in [1.165, 1.54) is 12.3 Å². The predicted octanol–water partition coefficient (Wildman–Crippen LogP) is 0.622. The molecule has 0 amide bonds. The molecule has 3 N–H and O–H groups in total. The lowest BCUT2D eigenvalue weighted by Gasteiger charge is -2.20. The Morgan fingerprint density at radius 1 is 1.56 bits per heavy atom. The average Bonchev–Trinajstić information content (AvgIpc) is 2.24. The lowest BCUT2D eigenvalue weighted by molar-refractivity contribution is -0.143. The van der Waals surface area contributed by atoms with E-state index in [9.17, 15) is 24.3 Å². The zero-order valence-electron chi connectivity index (χ0n) is 9.90. The van der Waals surface area contributed by atoms with Gasteiger partial charge >= 0.3 is 13.6 Å². The fourth-order valence-electron chi connectivity index (χ4n) is 1.46. The van der Waals surface area contributed by atoms with Crippen LogP contribution in [0.3, 0.4) is 0 Å². The van der Waals surface area contributed by atoms with Crippen LogP contribution >= 0.6 is 7.60 Å². The van der Waals surface area contributed by atoms with E-state index < -0.39 is 26.0 Å². The fourth-order valence-corrected chi connectivity index (χ4v) is 2.34. The van der Waals surface area contributed by atoms with Gasteiger partial charge in [0.25, 0.3) is 0 Å². The number of aromatic nitrogens is 1. The Labute approximate surface area is 104 Å². The summed E-state index contributed by atoms with van der Waals surface area (Å²) in [5.74, 6) is -2.57. The molecule has 0 spiro atoms. The number of hydrogen-bond acceptors (Lipinski definition) is 5. The van der Waals surface area contributed by atoms with Gasteiger partial charge in [-0.2, -0.15) is 0 Å². The zero-order valence-corrected chi connectivity index (χ0v) is 10.8. The molecule has 0 saturated heterocycles. The molecule has 0 bridgehead atoms. The van der Waals surface area contributed by atoms with E-state index in [-0.39, 0.29) is 11.1 Å². The maximum atomic E-state index is 11.3. The number of pyridine rings is 1. The summed E-state index contributed by atoms with van der Waals surface area (Å²) in [6.07, 6.45) is 1.19. The van der Waals surface area contributed by atoms with Gasteiger partial charge in [-0.25, -0.2) is 0 Å². The topological polar surface area (TPSA) is 117 Å². The van der Waals surface area contributed by atoms with E-state index in [0.717, 1.165) is 6.92 Å². The number of ether oxygens (including phenoxy) is 1. The minimum atomic E-state index is -4.70. The summed E-state index contributed by atoms with van der Waals surface area (Å²) in [6, 6.07) is 1.47. The second-order valence-corrected chi connectivity index (χ2v) is 5.38. The molecule has 8 heteroatoms. The molecule has 1 unspecified atom stereocenters. The van der Waals surface area contributed by atoms with Gasteiger partial charge in [-0.1, -0.05) is 0 Å². The molecule has 0 radical (unpaired) electrons. The minimum absolute atomic E-state index is 0.00614. The van der Waals surface area contributed by atoms with Gasteiger partial charge < -0.3 is 19.6 Å². The first kappa shape index (κ1) is 14.8. The first-order valence-corrected chi connectivity index (χ1v) is 6.72. The third-order valence-electron chi connectivity index (χ3n) is 2.18. The monoisotopic (exact) mass is 275 g/mol. The fraction of sp³-hybridized carbons (Fsp3) is 0.400. The highest BCUT2D eigenvalue weighted by molar-refractivity contribution is 7.52. The number of aliphatic hydroxyl groups excluding tert-OH is 1. The van der Waals surface area contributed by atoms with Crippen LogP contribution in [0.2, 0.25) is 0 Å². The molecule has 7 nitrogen and oxygen atoms in total. The summed E-state index contributed by atoms with van der Waals surface area (Å²) in [7, 11) is -4.70. The summed E-state index contributed by atoms with van der Waals surface area (Å²) in [6.45, 7) is 2.28. The van der Waals surface area contributed by atoms with E-state index in [0.29, 0.717) is 5.69 Å². The van der Waals surface area contributed by atoms with Gasteiger partial charge in [0, 0.05) is 24.4 Å². The Kier molecular flexibility index (Phi) is 4.59. The van der Waals surface area contributed by atoms with Gasteiger partial charge in [0.1, 0.15) is 0 Å². The number of rotatable bonds is 4. The second kappa shape index (κ2) is 5.58. The molecule has 0 saturated carbocycles. The number of carbonyl (C=O) groups is 1. The van der Waals surface area contributed by atoms with Crippen molar-refractivity contribution in [2.24, 2.45) is 0 Å². The van der Waals surface area contributed by atoms with Crippen molar-refractivity contribution in [2.45, 2.75) is 26.3 Å². The second-order valence-electron chi connectivity index (χ2n) is 3.73. The van der Waals surface area contributed by atoms with Crippen LogP contribution in [0.15, 0.2) is 12.3 Å². The van der Waals surface area contributed by atoms with Gasteiger partial charge in [-0.15, -0.1) is 0 Å². The van der Waals surface area contributed by atoms with E-state index >= 15 is 0 Å². The average molecular weight is 275 g/mol. The molecule has 1 rings (SSSR count). The zero-order chi connectivity index (χ0) is 13.9. The molecular weight excluding hydrogens is 261 g/mol. The molecule has 0 aliphatic carbocycles. The molecule has 18 heavy (non-hydrogen) atoms. The van der Waals surface area contributed by atoms with Crippen LogP contribution in [0.25, 0.3) is 0 Å². The van der Waals surface area contributed by atoms with Crippen LogP contribution < -0.4 is 0 Å². The molecule has 1 aromatic heterocycles. The van der Waals surface area contributed by atoms with Crippen LogP contribution in [0.1, 0.15) is 29.6 Å². The molecule has 1 atom stereocenters. The van der Waals surface area contributed by atoms with Crippen molar-refractivity contribution in [3.8, 4) is 0 Å². The van der Waals surface area contributed by atoms with Crippen molar-refractivity contribution in [1.82, 2.24) is 4.98 Å². The highest BCUT2D eigenvalue weighted by Gasteiger charge is 2.35. The largest absolute Gasteiger partial charge is 0.444 e. The van der Waals surface area contributed by atoms with Crippen molar-refractivity contribution in [3.05, 3.63) is 29.1 Å². The van der Waals surface area contributed by atoms with Crippen LogP contribution in [0.5, 0.6) is 0 Å². The summed E-state index contributed by atoms with van der Waals surface area (Å²) in [5.41, 5.74) is 0.846.